The third-order valence-electron chi connectivity index (χ3n) is 3.00. The first-order valence-corrected chi connectivity index (χ1v) is 6.22. The Labute approximate surface area is 106 Å². The molecule has 16 heavy (non-hydrogen) atoms. The molecular weight excluding hydrogens is 245 g/mol. The van der Waals surface area contributed by atoms with E-state index < -0.39 is 0 Å². The van der Waals surface area contributed by atoms with Crippen molar-refractivity contribution in [2.75, 3.05) is 6.61 Å². The van der Waals surface area contributed by atoms with Gasteiger partial charge in [-0.15, -0.1) is 0 Å². The largest absolute Gasteiger partial charge is 0.493 e. The summed E-state index contributed by atoms with van der Waals surface area (Å²) < 4.78 is 5.67. The molecule has 88 valence electrons. The van der Waals surface area contributed by atoms with Gasteiger partial charge in [0.25, 0.3) is 0 Å². The second-order valence-corrected chi connectivity index (χ2v) is 5.07. The maximum Gasteiger partial charge on any atom is 0.124 e. The molecular formula is C12H15Cl2NO. The number of ether oxygens (including phenoxy) is 1. The Morgan fingerprint density at radius 3 is 2.75 bits per heavy atom. The number of hydrogen-bond acceptors (Lipinski definition) is 2. The van der Waals surface area contributed by atoms with Gasteiger partial charge in [-0.25, -0.2) is 0 Å². The van der Waals surface area contributed by atoms with E-state index in [2.05, 4.69) is 0 Å². The molecule has 0 radical (unpaired) electrons. The first-order chi connectivity index (χ1) is 7.59. The zero-order valence-corrected chi connectivity index (χ0v) is 10.7. The molecule has 2 unspecified atom stereocenters. The van der Waals surface area contributed by atoms with E-state index in [0.717, 1.165) is 24.2 Å². The van der Waals surface area contributed by atoms with Gasteiger partial charge in [-0.05, 0) is 25.8 Å². The predicted octanol–water partition coefficient (Wildman–Crippen LogP) is 3.60. The fourth-order valence-corrected chi connectivity index (χ4v) is 2.47. The lowest BCUT2D eigenvalue weighted by atomic mass is 9.89. The van der Waals surface area contributed by atoms with Gasteiger partial charge in [0.1, 0.15) is 5.75 Å². The van der Waals surface area contributed by atoms with Crippen LogP contribution in [-0.2, 0) is 0 Å². The number of rotatable bonds is 1. The molecule has 1 aromatic rings. The van der Waals surface area contributed by atoms with Gasteiger partial charge in [0.2, 0.25) is 0 Å². The minimum atomic E-state index is 0.0951. The van der Waals surface area contributed by atoms with Crippen LogP contribution in [0.15, 0.2) is 12.1 Å². The number of halogens is 2. The highest BCUT2D eigenvalue weighted by Crippen LogP contribution is 2.39. The van der Waals surface area contributed by atoms with Crippen molar-refractivity contribution in [3.8, 4) is 5.75 Å². The van der Waals surface area contributed by atoms with Crippen LogP contribution in [0.2, 0.25) is 10.0 Å². The van der Waals surface area contributed by atoms with Crippen LogP contribution in [0.25, 0.3) is 0 Å². The Balaban J connectivity index is 2.48. The van der Waals surface area contributed by atoms with Crippen molar-refractivity contribution >= 4 is 23.2 Å². The Bertz CT molecular complexity index is 393. The molecule has 1 aliphatic heterocycles. The van der Waals surface area contributed by atoms with Crippen molar-refractivity contribution in [2.45, 2.75) is 31.7 Å². The van der Waals surface area contributed by atoms with Gasteiger partial charge in [-0.1, -0.05) is 23.2 Å². The molecule has 1 aromatic carbocycles. The highest BCUT2D eigenvalue weighted by atomic mass is 35.5. The summed E-state index contributed by atoms with van der Waals surface area (Å²) in [6.45, 7) is 2.73. The Morgan fingerprint density at radius 1 is 1.38 bits per heavy atom. The fourth-order valence-electron chi connectivity index (χ4n) is 2.15. The normalized spacial score (nSPS) is 21.9. The molecule has 0 saturated carbocycles. The molecule has 2 atom stereocenters. The van der Waals surface area contributed by atoms with Crippen molar-refractivity contribution in [3.63, 3.8) is 0 Å². The Hall–Kier alpha value is -0.440. The molecule has 4 heteroatoms. The molecule has 1 heterocycles. The van der Waals surface area contributed by atoms with E-state index in [1.807, 2.05) is 13.0 Å². The van der Waals surface area contributed by atoms with Crippen LogP contribution in [0.4, 0.5) is 0 Å². The van der Waals surface area contributed by atoms with Gasteiger partial charge < -0.3 is 10.5 Å². The topological polar surface area (TPSA) is 35.2 Å². The fraction of sp³-hybridized carbons (Fsp3) is 0.500. The summed E-state index contributed by atoms with van der Waals surface area (Å²) in [5.41, 5.74) is 7.09. The van der Waals surface area contributed by atoms with E-state index in [9.17, 15) is 0 Å². The SMILES string of the molecule is CC(N)C1CCCOc2cc(Cl)c(Cl)cc21. The summed E-state index contributed by atoms with van der Waals surface area (Å²) in [7, 11) is 0. The summed E-state index contributed by atoms with van der Waals surface area (Å²) in [4.78, 5) is 0. The molecule has 0 bridgehead atoms. The van der Waals surface area contributed by atoms with Gasteiger partial charge >= 0.3 is 0 Å². The van der Waals surface area contributed by atoms with Gasteiger partial charge in [-0.2, -0.15) is 0 Å². The van der Waals surface area contributed by atoms with E-state index in [1.165, 1.54) is 0 Å². The first-order valence-electron chi connectivity index (χ1n) is 5.47. The lowest BCUT2D eigenvalue weighted by Crippen LogP contribution is -2.24. The van der Waals surface area contributed by atoms with Crippen LogP contribution in [0.1, 0.15) is 31.2 Å². The molecule has 0 saturated heterocycles. The van der Waals surface area contributed by atoms with Gasteiger partial charge in [-0.3, -0.25) is 0 Å². The molecule has 0 fully saturated rings. The standard InChI is InChI=1S/C12H15Cl2NO/c1-7(15)8-3-2-4-16-12-6-11(14)10(13)5-9(8)12/h5-8H,2-4,15H2,1H3. The average molecular weight is 260 g/mol. The zero-order valence-electron chi connectivity index (χ0n) is 9.17. The number of fused-ring (bicyclic) bond motifs is 1. The lowest BCUT2D eigenvalue weighted by molar-refractivity contribution is 0.315. The number of hydrogen-bond donors (Lipinski definition) is 1. The molecule has 0 spiro atoms. The Morgan fingerprint density at radius 2 is 2.06 bits per heavy atom. The molecule has 1 aliphatic rings. The highest BCUT2D eigenvalue weighted by molar-refractivity contribution is 6.42. The quantitative estimate of drug-likeness (QED) is 0.837. The maximum atomic E-state index is 6.04. The third kappa shape index (κ3) is 2.29. The smallest absolute Gasteiger partial charge is 0.124 e. The maximum absolute atomic E-state index is 6.04. The monoisotopic (exact) mass is 259 g/mol. The van der Waals surface area contributed by atoms with Gasteiger partial charge in [0, 0.05) is 23.6 Å². The summed E-state index contributed by atoms with van der Waals surface area (Å²) in [6.07, 6.45) is 2.04. The van der Waals surface area contributed by atoms with E-state index in [1.54, 1.807) is 6.07 Å². The molecule has 2 N–H and O–H groups in total. The van der Waals surface area contributed by atoms with Crippen molar-refractivity contribution in [3.05, 3.63) is 27.7 Å². The van der Waals surface area contributed by atoms with Crippen LogP contribution in [0.5, 0.6) is 5.75 Å². The van der Waals surface area contributed by atoms with E-state index in [0.29, 0.717) is 22.6 Å². The number of benzene rings is 1. The summed E-state index contributed by atoms with van der Waals surface area (Å²) in [5.74, 6) is 1.13. The average Bonchev–Trinajstić information content (AvgIpc) is 2.41. The minimum Gasteiger partial charge on any atom is -0.493 e. The zero-order chi connectivity index (χ0) is 11.7. The van der Waals surface area contributed by atoms with Crippen LogP contribution < -0.4 is 10.5 Å². The minimum absolute atomic E-state index is 0.0951. The molecule has 0 aromatic heterocycles. The summed E-state index contributed by atoms with van der Waals surface area (Å²) in [5, 5.41) is 1.10. The van der Waals surface area contributed by atoms with Gasteiger partial charge in [0.05, 0.1) is 16.7 Å². The van der Waals surface area contributed by atoms with Crippen LogP contribution >= 0.6 is 23.2 Å². The van der Waals surface area contributed by atoms with Crippen molar-refractivity contribution in [1.82, 2.24) is 0 Å². The number of nitrogens with two attached hydrogens (primary N) is 1. The van der Waals surface area contributed by atoms with Crippen LogP contribution in [0.3, 0.4) is 0 Å². The molecule has 0 aliphatic carbocycles. The molecule has 2 rings (SSSR count). The third-order valence-corrected chi connectivity index (χ3v) is 3.73. The highest BCUT2D eigenvalue weighted by Gasteiger charge is 2.24. The van der Waals surface area contributed by atoms with E-state index in [-0.39, 0.29) is 6.04 Å². The molecule has 0 amide bonds. The Kier molecular flexibility index (Phi) is 3.63. The van der Waals surface area contributed by atoms with Crippen molar-refractivity contribution in [1.29, 1.82) is 0 Å². The summed E-state index contributed by atoms with van der Waals surface area (Å²) in [6, 6.07) is 3.77. The summed E-state index contributed by atoms with van der Waals surface area (Å²) >= 11 is 12.0. The molecule has 2 nitrogen and oxygen atoms in total. The predicted molar refractivity (Wildman–Crippen MR) is 67.6 cm³/mol. The lowest BCUT2D eigenvalue weighted by Gasteiger charge is -2.20. The second kappa shape index (κ2) is 4.82. The van der Waals surface area contributed by atoms with Crippen LogP contribution in [0, 0.1) is 0 Å². The van der Waals surface area contributed by atoms with E-state index in [4.69, 9.17) is 33.7 Å². The first kappa shape index (κ1) is 12.0. The van der Waals surface area contributed by atoms with Crippen LogP contribution in [-0.4, -0.2) is 12.6 Å². The van der Waals surface area contributed by atoms with E-state index >= 15 is 0 Å². The van der Waals surface area contributed by atoms with Crippen molar-refractivity contribution in [2.24, 2.45) is 5.73 Å². The second-order valence-electron chi connectivity index (χ2n) is 4.26. The van der Waals surface area contributed by atoms with Crippen molar-refractivity contribution < 1.29 is 4.74 Å². The van der Waals surface area contributed by atoms with Gasteiger partial charge in [0.15, 0.2) is 0 Å².